The quantitative estimate of drug-likeness (QED) is 0.281. The highest BCUT2D eigenvalue weighted by Gasteiger charge is 2.36. The Hall–Kier alpha value is -3.06. The minimum absolute atomic E-state index is 0.00502. The Morgan fingerprint density at radius 2 is 1.41 bits per heavy atom. The summed E-state index contributed by atoms with van der Waals surface area (Å²) in [7, 11) is 0. The summed E-state index contributed by atoms with van der Waals surface area (Å²) < 4.78 is 17.7. The zero-order chi connectivity index (χ0) is 30.1. The average molecular weight is 603 g/mol. The summed E-state index contributed by atoms with van der Waals surface area (Å²) in [5.41, 5.74) is 5.30. The minimum Gasteiger partial charge on any atom is -0.491 e. The van der Waals surface area contributed by atoms with Crippen molar-refractivity contribution in [2.24, 2.45) is 5.92 Å². The van der Waals surface area contributed by atoms with Gasteiger partial charge in [0.15, 0.2) is 0 Å². The number of rotatable bonds is 12. The molecule has 2 amide bonds. The van der Waals surface area contributed by atoms with E-state index < -0.39 is 0 Å². The van der Waals surface area contributed by atoms with Gasteiger partial charge >= 0.3 is 0 Å². The molecule has 1 saturated carbocycles. The molecule has 44 heavy (non-hydrogen) atoms. The molecule has 238 valence electrons. The van der Waals surface area contributed by atoms with Crippen LogP contribution in [0, 0.1) is 5.92 Å². The predicted octanol–water partition coefficient (Wildman–Crippen LogP) is 6.49. The Labute approximate surface area is 263 Å². The second kappa shape index (κ2) is 15.3. The second-order valence-electron chi connectivity index (χ2n) is 13.2. The van der Waals surface area contributed by atoms with Crippen LogP contribution in [0.2, 0.25) is 0 Å². The maximum atomic E-state index is 13.4. The number of amides is 2. The van der Waals surface area contributed by atoms with Crippen molar-refractivity contribution in [1.29, 1.82) is 0 Å². The summed E-state index contributed by atoms with van der Waals surface area (Å²) in [4.78, 5) is 28.4. The molecule has 4 aliphatic rings. The molecule has 2 aromatic carbocycles. The first-order valence-electron chi connectivity index (χ1n) is 17.3. The van der Waals surface area contributed by atoms with Crippen LogP contribution in [0.25, 0.3) is 0 Å². The fourth-order valence-electron chi connectivity index (χ4n) is 7.73. The van der Waals surface area contributed by atoms with Gasteiger partial charge in [0.05, 0.1) is 19.3 Å². The van der Waals surface area contributed by atoms with Crippen molar-refractivity contribution in [2.45, 2.75) is 108 Å². The third-order valence-corrected chi connectivity index (χ3v) is 10.1. The van der Waals surface area contributed by atoms with Gasteiger partial charge in [-0.3, -0.25) is 9.59 Å². The molecule has 2 fully saturated rings. The number of nitrogens with one attached hydrogen (secondary N) is 1. The lowest BCUT2D eigenvalue weighted by Crippen LogP contribution is -2.47. The zero-order valence-electron chi connectivity index (χ0n) is 26.3. The maximum absolute atomic E-state index is 13.4. The average Bonchev–Trinajstić information content (AvgIpc) is 3.56. The van der Waals surface area contributed by atoms with Crippen LogP contribution in [0.5, 0.6) is 11.5 Å². The van der Waals surface area contributed by atoms with Gasteiger partial charge in [0, 0.05) is 13.0 Å². The van der Waals surface area contributed by atoms with Gasteiger partial charge in [-0.1, -0.05) is 31.4 Å². The molecule has 2 atom stereocenters. The van der Waals surface area contributed by atoms with E-state index in [1.165, 1.54) is 60.8 Å². The van der Waals surface area contributed by atoms with E-state index in [2.05, 4.69) is 35.6 Å². The number of ether oxygens (including phenoxy) is 3. The number of hydrogen-bond donors (Lipinski definition) is 1. The minimum atomic E-state index is -0.331. The maximum Gasteiger partial charge on any atom is 0.243 e. The molecule has 1 N–H and O–H groups in total. The van der Waals surface area contributed by atoms with Gasteiger partial charge in [0.1, 0.15) is 30.8 Å². The SMILES string of the molecule is O=C(N[C@@H]1CCCc2cc(OCCOCCOc3ccc4c(c3)CCCC4)ccc21)[C@@H]1CCCN1C(=O)CC1CCCCC1. The van der Waals surface area contributed by atoms with Crippen molar-refractivity contribution in [3.8, 4) is 11.5 Å². The van der Waals surface area contributed by atoms with Crippen LogP contribution in [-0.2, 0) is 33.6 Å². The molecule has 3 aliphatic carbocycles. The summed E-state index contributed by atoms with van der Waals surface area (Å²) in [5.74, 6) is 2.43. The van der Waals surface area contributed by atoms with Crippen LogP contribution in [0.4, 0.5) is 0 Å². The molecule has 0 spiro atoms. The molecule has 0 bridgehead atoms. The number of carbonyl (C=O) groups is 2. The Bertz CT molecular complexity index is 1270. The number of nitrogens with zero attached hydrogens (tertiary/aromatic N) is 1. The highest BCUT2D eigenvalue weighted by Crippen LogP contribution is 2.34. The van der Waals surface area contributed by atoms with E-state index in [1.807, 2.05) is 11.0 Å². The molecule has 0 radical (unpaired) electrons. The molecule has 0 unspecified atom stereocenters. The molecule has 1 aliphatic heterocycles. The summed E-state index contributed by atoms with van der Waals surface area (Å²) >= 11 is 0. The highest BCUT2D eigenvalue weighted by molar-refractivity contribution is 5.88. The molecule has 2 aromatic rings. The van der Waals surface area contributed by atoms with Crippen LogP contribution in [-0.4, -0.2) is 55.7 Å². The van der Waals surface area contributed by atoms with E-state index >= 15 is 0 Å². The van der Waals surface area contributed by atoms with E-state index in [-0.39, 0.29) is 23.9 Å². The third-order valence-electron chi connectivity index (χ3n) is 10.1. The Morgan fingerprint density at radius 3 is 2.20 bits per heavy atom. The van der Waals surface area contributed by atoms with E-state index in [0.717, 1.165) is 62.9 Å². The van der Waals surface area contributed by atoms with E-state index in [1.54, 1.807) is 0 Å². The van der Waals surface area contributed by atoms with Crippen LogP contribution < -0.4 is 14.8 Å². The van der Waals surface area contributed by atoms with Crippen molar-refractivity contribution in [1.82, 2.24) is 10.2 Å². The van der Waals surface area contributed by atoms with Crippen LogP contribution in [0.1, 0.15) is 105 Å². The number of likely N-dealkylation sites (tertiary alicyclic amines) is 1. The lowest BCUT2D eigenvalue weighted by Gasteiger charge is -2.31. The second-order valence-corrected chi connectivity index (χ2v) is 13.2. The van der Waals surface area contributed by atoms with Gasteiger partial charge in [-0.05, 0) is 123 Å². The Morgan fingerprint density at radius 1 is 0.705 bits per heavy atom. The fraction of sp³-hybridized carbons (Fsp3) is 0.622. The first kappa shape index (κ1) is 30.9. The predicted molar refractivity (Wildman–Crippen MR) is 171 cm³/mol. The van der Waals surface area contributed by atoms with Crippen LogP contribution in [0.3, 0.4) is 0 Å². The van der Waals surface area contributed by atoms with Gasteiger partial charge in [0.2, 0.25) is 11.8 Å². The smallest absolute Gasteiger partial charge is 0.243 e. The van der Waals surface area contributed by atoms with Crippen molar-refractivity contribution in [2.75, 3.05) is 33.0 Å². The third kappa shape index (κ3) is 7.96. The fourth-order valence-corrected chi connectivity index (χ4v) is 7.73. The molecule has 6 rings (SSSR count). The first-order valence-corrected chi connectivity index (χ1v) is 17.3. The van der Waals surface area contributed by atoms with Crippen LogP contribution in [0.15, 0.2) is 36.4 Å². The summed E-state index contributed by atoms with van der Waals surface area (Å²) in [6, 6.07) is 12.3. The standard InChI is InChI=1S/C37H50N2O5/c40-36(24-27-8-2-1-3-9-27)39-19-7-14-35(39)37(41)38-34-13-6-12-30-26-32(17-18-33(30)34)44-23-21-42-20-22-43-31-16-15-28-10-4-5-11-29(28)25-31/h15-18,25-27,34-35H,1-14,19-24H2,(H,38,41)/t34-,35+/m1/s1. The van der Waals surface area contributed by atoms with Gasteiger partial charge in [0.25, 0.3) is 0 Å². The molecule has 7 heteroatoms. The van der Waals surface area contributed by atoms with Crippen molar-refractivity contribution < 1.29 is 23.8 Å². The number of aryl methyl sites for hydroxylation is 3. The molecule has 7 nitrogen and oxygen atoms in total. The number of carbonyl (C=O) groups excluding carboxylic acids is 2. The number of fused-ring (bicyclic) bond motifs is 2. The van der Waals surface area contributed by atoms with E-state index in [9.17, 15) is 9.59 Å². The topological polar surface area (TPSA) is 77.1 Å². The Balaban J connectivity index is 0.925. The molecule has 0 aromatic heterocycles. The number of benzene rings is 2. The summed E-state index contributed by atoms with van der Waals surface area (Å²) in [6.45, 7) is 2.73. The molecular formula is C37H50N2O5. The monoisotopic (exact) mass is 602 g/mol. The lowest BCUT2D eigenvalue weighted by atomic mass is 9.86. The summed E-state index contributed by atoms with van der Waals surface area (Å²) in [6.07, 6.45) is 16.1. The zero-order valence-corrected chi connectivity index (χ0v) is 26.3. The van der Waals surface area contributed by atoms with Gasteiger partial charge in [-0.2, -0.15) is 0 Å². The van der Waals surface area contributed by atoms with E-state index in [0.29, 0.717) is 45.3 Å². The van der Waals surface area contributed by atoms with Gasteiger partial charge < -0.3 is 24.4 Å². The first-order chi connectivity index (χ1) is 21.6. The Kier molecular flexibility index (Phi) is 10.8. The van der Waals surface area contributed by atoms with E-state index in [4.69, 9.17) is 14.2 Å². The number of hydrogen-bond acceptors (Lipinski definition) is 5. The molecule has 1 saturated heterocycles. The largest absolute Gasteiger partial charge is 0.491 e. The van der Waals surface area contributed by atoms with Crippen LogP contribution >= 0.6 is 0 Å². The molecular weight excluding hydrogens is 552 g/mol. The van der Waals surface area contributed by atoms with Crippen molar-refractivity contribution in [3.05, 3.63) is 58.7 Å². The van der Waals surface area contributed by atoms with Gasteiger partial charge in [-0.15, -0.1) is 0 Å². The van der Waals surface area contributed by atoms with Crippen molar-refractivity contribution >= 4 is 11.8 Å². The van der Waals surface area contributed by atoms with Gasteiger partial charge in [-0.25, -0.2) is 0 Å². The molecule has 1 heterocycles. The summed E-state index contributed by atoms with van der Waals surface area (Å²) in [5, 5.41) is 3.32. The normalized spacial score (nSPS) is 21.8. The van der Waals surface area contributed by atoms with Crippen molar-refractivity contribution in [3.63, 3.8) is 0 Å². The lowest BCUT2D eigenvalue weighted by molar-refractivity contribution is -0.139. The highest BCUT2D eigenvalue weighted by atomic mass is 16.5.